The smallest absolute Gasteiger partial charge is 0.0866 e. The van der Waals surface area contributed by atoms with Crippen molar-refractivity contribution in [2.75, 3.05) is 68.1 Å². The molecular formula is C97H166FN3Y2-4. The maximum Gasteiger partial charge on any atom is 0.0866 e. The summed E-state index contributed by atoms with van der Waals surface area (Å²) >= 11 is 0. The SMILES string of the molecule is C.CC.CC.CC.CC.CC.CC.CC.CC.CCC.CCC.CCC.CCC(C)(C)C.CCF.CCN(C)C.CCN(C)C.CCN(C)CC.[Y].[Y].[c-]1ccccc1-c1[c-]cccc1.[c-]1ccccc1-c1[c-]cccc1.c1ccc2c(c1)Cc1ccccc1-2.c1ccc2c(c1)Cc1ccccc1-2. The molecule has 8 aromatic rings. The molecule has 8 aromatic carbocycles. The topological polar surface area (TPSA) is 9.72 Å². The second-order valence-corrected chi connectivity index (χ2v) is 21.7. The number of halogens is 1. The second-order valence-electron chi connectivity index (χ2n) is 21.7. The van der Waals surface area contributed by atoms with E-state index in [1.165, 1.54) is 77.1 Å². The summed E-state index contributed by atoms with van der Waals surface area (Å²) in [7, 11) is 10.3. The number of fused-ring (bicyclic) bond motifs is 6. The summed E-state index contributed by atoms with van der Waals surface area (Å²) in [6.45, 7) is 68.1. The van der Waals surface area contributed by atoms with Gasteiger partial charge in [-0.3, -0.25) is 4.39 Å². The molecule has 0 spiro atoms. The predicted octanol–water partition coefficient (Wildman–Crippen LogP) is 31.0. The van der Waals surface area contributed by atoms with Gasteiger partial charge in [0.1, 0.15) is 0 Å². The van der Waals surface area contributed by atoms with Gasteiger partial charge in [0, 0.05) is 65.4 Å². The summed E-state index contributed by atoms with van der Waals surface area (Å²) < 4.78 is 10.3. The van der Waals surface area contributed by atoms with Crippen molar-refractivity contribution in [1.82, 2.24) is 14.7 Å². The standard InChI is InChI=1S/2C13H10.2C12H8.C6H14.C5H13N.2C4H11N.3C3H8.C2H5F.8C2H6.CH4.2Y/c2*1-3-7-12-10(5-1)9-11-6-2-4-8-13(11)12;2*1-3-7-11(8-4-1)12-9-5-2-6-10-12;1-5-6(2,3)4;1-4-6(3)5-2;2*1-4-5(2)3;3*1-3-2;1-2-3;8*1-2;;;/h2*1-8H,9H2;2*1-7,9H;5H2,1-4H3;4-5H2,1-3H3;2*4H2,1-3H3;3*3H2,1-2H3;2H2,1H3;8*1-2H3;1H4;;/q;;2*-2;;;;;;;;;;;;;;;;;;;. The number of rotatable bonds is 6. The molecule has 0 saturated heterocycles. The molecule has 0 atom stereocenters. The first kappa shape index (κ1) is 128. The van der Waals surface area contributed by atoms with Gasteiger partial charge in [0.2, 0.25) is 0 Å². The molecule has 586 valence electrons. The fourth-order valence-electron chi connectivity index (χ4n) is 6.63. The Morgan fingerprint density at radius 1 is 0.301 bits per heavy atom. The zero-order valence-electron chi connectivity index (χ0n) is 73.6. The Balaban J connectivity index is -0.0000000788. The Kier molecular flexibility index (Phi) is 130. The molecule has 2 aliphatic rings. The van der Waals surface area contributed by atoms with Crippen LogP contribution in [0.3, 0.4) is 0 Å². The van der Waals surface area contributed by atoms with Gasteiger partial charge in [-0.05, 0) is 131 Å². The van der Waals surface area contributed by atoms with Gasteiger partial charge in [-0.1, -0.05) is 338 Å². The number of hydrogen-bond acceptors (Lipinski definition) is 3. The molecule has 0 unspecified atom stereocenters. The molecule has 0 aliphatic heterocycles. The van der Waals surface area contributed by atoms with Crippen molar-refractivity contribution >= 4 is 0 Å². The number of benzene rings is 8. The van der Waals surface area contributed by atoms with Gasteiger partial charge >= 0.3 is 0 Å². The molecule has 0 fully saturated rings. The Hall–Kier alpha value is -4.22. The normalized spacial score (nSPS) is 8.74. The van der Waals surface area contributed by atoms with E-state index < -0.39 is 0 Å². The van der Waals surface area contributed by atoms with Crippen LogP contribution in [0, 0.1) is 29.7 Å². The van der Waals surface area contributed by atoms with Gasteiger partial charge in [0.15, 0.2) is 0 Å². The second kappa shape index (κ2) is 104. The average Bonchev–Trinajstić information content (AvgIpc) is 1.66. The van der Waals surface area contributed by atoms with Crippen LogP contribution in [0.15, 0.2) is 194 Å². The van der Waals surface area contributed by atoms with Crippen LogP contribution in [0.2, 0.25) is 0 Å². The van der Waals surface area contributed by atoms with E-state index in [4.69, 9.17) is 0 Å². The van der Waals surface area contributed by atoms with E-state index in [0.29, 0.717) is 5.41 Å². The fraction of sp³-hybridized carbons (Fsp3) is 0.505. The van der Waals surface area contributed by atoms with Crippen LogP contribution in [0.4, 0.5) is 4.39 Å². The van der Waals surface area contributed by atoms with Crippen molar-refractivity contribution in [3.05, 3.63) is 241 Å². The van der Waals surface area contributed by atoms with E-state index in [1.54, 1.807) is 0 Å². The summed E-state index contributed by atoms with van der Waals surface area (Å²) in [5.74, 6) is 0. The molecule has 2 radical (unpaired) electrons. The molecule has 0 bridgehead atoms. The van der Waals surface area contributed by atoms with E-state index in [2.05, 4.69) is 268 Å². The van der Waals surface area contributed by atoms with E-state index in [1.807, 2.05) is 208 Å². The third kappa shape index (κ3) is 78.7. The van der Waals surface area contributed by atoms with Gasteiger partial charge in [-0.2, -0.15) is 97.1 Å². The molecule has 10 rings (SSSR count). The van der Waals surface area contributed by atoms with Crippen LogP contribution in [0.25, 0.3) is 44.5 Å². The van der Waals surface area contributed by atoms with Crippen LogP contribution in [0.5, 0.6) is 0 Å². The Labute approximate surface area is 697 Å². The van der Waals surface area contributed by atoms with Gasteiger partial charge in [-0.25, -0.2) is 22.3 Å². The van der Waals surface area contributed by atoms with E-state index in [-0.39, 0.29) is 79.5 Å². The van der Waals surface area contributed by atoms with Gasteiger partial charge in [0.05, 0.1) is 6.67 Å². The average molecular weight is 1570 g/mol. The minimum absolute atomic E-state index is 0. The molecular weight excluding hydrogens is 1400 g/mol. The molecule has 103 heavy (non-hydrogen) atoms. The van der Waals surface area contributed by atoms with Crippen molar-refractivity contribution in [3.8, 4) is 44.5 Å². The minimum Gasteiger partial charge on any atom is -0.310 e. The summed E-state index contributed by atoms with van der Waals surface area (Å²) in [4.78, 5) is 6.50. The molecule has 0 saturated carbocycles. The summed E-state index contributed by atoms with van der Waals surface area (Å²) in [5, 5.41) is 0. The first-order valence-corrected chi connectivity index (χ1v) is 39.1. The van der Waals surface area contributed by atoms with E-state index in [0.717, 1.165) is 61.3 Å². The van der Waals surface area contributed by atoms with Crippen LogP contribution >= 0.6 is 0 Å². The summed E-state index contributed by atoms with van der Waals surface area (Å²) in [6, 6.07) is 78.9. The number of nitrogens with zero attached hydrogens (tertiary/aromatic N) is 3. The van der Waals surface area contributed by atoms with Gasteiger partial charge in [0.25, 0.3) is 0 Å². The van der Waals surface area contributed by atoms with Gasteiger partial charge in [-0.15, -0.1) is 24.3 Å². The Bertz CT molecular complexity index is 2340. The first-order chi connectivity index (χ1) is 48.4. The monoisotopic (exact) mass is 1570 g/mol. The molecule has 0 heterocycles. The molecule has 3 nitrogen and oxygen atoms in total. The summed E-state index contributed by atoms with van der Waals surface area (Å²) in [6.07, 6.45) is 7.23. The van der Waals surface area contributed by atoms with Crippen LogP contribution in [-0.4, -0.2) is 82.8 Å². The fourth-order valence-corrected chi connectivity index (χ4v) is 6.63. The molecule has 0 N–H and O–H groups in total. The minimum atomic E-state index is -0.250. The molecule has 0 aromatic heterocycles. The zero-order valence-corrected chi connectivity index (χ0v) is 79.3. The first-order valence-electron chi connectivity index (χ1n) is 39.1. The number of hydrogen-bond donors (Lipinski definition) is 0. The van der Waals surface area contributed by atoms with E-state index >= 15 is 0 Å². The van der Waals surface area contributed by atoms with Crippen molar-refractivity contribution in [3.63, 3.8) is 0 Å². The molecule has 2 aliphatic carbocycles. The molecule has 0 amide bonds. The van der Waals surface area contributed by atoms with Gasteiger partial charge < -0.3 is 14.7 Å². The summed E-state index contributed by atoms with van der Waals surface area (Å²) in [5.41, 5.74) is 16.4. The Morgan fingerprint density at radius 3 is 0.553 bits per heavy atom. The van der Waals surface area contributed by atoms with Crippen LogP contribution < -0.4 is 0 Å². The van der Waals surface area contributed by atoms with E-state index in [9.17, 15) is 4.39 Å². The van der Waals surface area contributed by atoms with Crippen LogP contribution in [0.1, 0.15) is 270 Å². The third-order valence-electron chi connectivity index (χ3n) is 12.2. The van der Waals surface area contributed by atoms with Crippen molar-refractivity contribution < 1.29 is 69.8 Å². The van der Waals surface area contributed by atoms with Crippen molar-refractivity contribution in [2.24, 2.45) is 5.41 Å². The predicted molar refractivity (Wildman–Crippen MR) is 473 cm³/mol. The maximum atomic E-state index is 10.3. The zero-order chi connectivity index (χ0) is 79.4. The van der Waals surface area contributed by atoms with Crippen molar-refractivity contribution in [2.45, 2.75) is 261 Å². The largest absolute Gasteiger partial charge is 0.310 e. The Morgan fingerprint density at radius 2 is 0.447 bits per heavy atom. The maximum absolute atomic E-state index is 10.3. The molecule has 6 heteroatoms. The van der Waals surface area contributed by atoms with Crippen molar-refractivity contribution in [1.29, 1.82) is 0 Å². The quantitative estimate of drug-likeness (QED) is 0.154. The van der Waals surface area contributed by atoms with Crippen LogP contribution in [-0.2, 0) is 78.3 Å². The number of alkyl halides is 1. The third-order valence-corrected chi connectivity index (χ3v) is 12.2.